The smallest absolute Gasteiger partial charge is 0.0708 e. The van der Waals surface area contributed by atoms with E-state index in [9.17, 15) is 5.11 Å². The van der Waals surface area contributed by atoms with E-state index >= 15 is 0 Å². The minimum Gasteiger partial charge on any atom is -0.393 e. The van der Waals surface area contributed by atoms with Gasteiger partial charge >= 0.3 is 0 Å². The lowest BCUT2D eigenvalue weighted by Gasteiger charge is -2.52. The molecule has 1 heterocycles. The van der Waals surface area contributed by atoms with E-state index in [1.165, 1.54) is 0 Å². The largest absolute Gasteiger partial charge is 0.393 e. The number of hydrogen-bond acceptors (Lipinski definition) is 3. The van der Waals surface area contributed by atoms with Crippen LogP contribution in [-0.2, 0) is 4.84 Å². The molecule has 0 bridgehead atoms. The van der Waals surface area contributed by atoms with Crippen LogP contribution in [0.15, 0.2) is 0 Å². The lowest BCUT2D eigenvalue weighted by molar-refractivity contribution is -0.295. The second-order valence-electron chi connectivity index (χ2n) is 6.67. The van der Waals surface area contributed by atoms with E-state index in [2.05, 4.69) is 46.6 Å². The highest BCUT2D eigenvalue weighted by Crippen LogP contribution is 2.38. The fourth-order valence-corrected chi connectivity index (χ4v) is 2.78. The summed E-state index contributed by atoms with van der Waals surface area (Å²) in [5.74, 6) is 0.526. The molecule has 1 fully saturated rings. The first-order chi connectivity index (χ1) is 7.15. The van der Waals surface area contributed by atoms with Crippen LogP contribution in [0.4, 0.5) is 0 Å². The Hall–Kier alpha value is -0.120. The molecule has 0 radical (unpaired) electrons. The van der Waals surface area contributed by atoms with Gasteiger partial charge in [0, 0.05) is 11.1 Å². The highest BCUT2D eigenvalue weighted by Gasteiger charge is 2.46. The van der Waals surface area contributed by atoms with Gasteiger partial charge in [0.15, 0.2) is 0 Å². The van der Waals surface area contributed by atoms with Gasteiger partial charge in [-0.25, -0.2) is 0 Å². The molecule has 1 aliphatic heterocycles. The maximum absolute atomic E-state index is 9.89. The summed E-state index contributed by atoms with van der Waals surface area (Å²) in [6, 6.07) is 0. The Labute approximate surface area is 99.7 Å². The first-order valence-corrected chi connectivity index (χ1v) is 6.26. The molecular formula is C13H27NO2. The van der Waals surface area contributed by atoms with Crippen molar-refractivity contribution in [2.75, 3.05) is 6.61 Å². The molecule has 0 unspecified atom stereocenters. The lowest BCUT2D eigenvalue weighted by atomic mass is 9.80. The zero-order valence-corrected chi connectivity index (χ0v) is 11.6. The summed E-state index contributed by atoms with van der Waals surface area (Å²) in [6.07, 6.45) is 1.33. The molecule has 16 heavy (non-hydrogen) atoms. The van der Waals surface area contributed by atoms with Gasteiger partial charge in [-0.2, -0.15) is 5.06 Å². The minimum atomic E-state index is -0.219. The van der Waals surface area contributed by atoms with Crippen molar-refractivity contribution in [1.82, 2.24) is 5.06 Å². The predicted molar refractivity (Wildman–Crippen MR) is 66.0 cm³/mol. The summed E-state index contributed by atoms with van der Waals surface area (Å²) >= 11 is 0. The van der Waals surface area contributed by atoms with Crippen molar-refractivity contribution >= 4 is 0 Å². The number of aliphatic hydroxyl groups excluding tert-OH is 1. The first-order valence-electron chi connectivity index (χ1n) is 6.26. The lowest BCUT2D eigenvalue weighted by Crippen LogP contribution is -2.61. The highest BCUT2D eigenvalue weighted by molar-refractivity contribution is 4.96. The summed E-state index contributed by atoms with van der Waals surface area (Å²) in [5.41, 5.74) is -0.202. The third-order valence-electron chi connectivity index (χ3n) is 3.11. The molecule has 1 rings (SSSR count). The van der Waals surface area contributed by atoms with Crippen molar-refractivity contribution in [2.24, 2.45) is 5.92 Å². The van der Waals surface area contributed by atoms with Crippen molar-refractivity contribution in [3.8, 4) is 0 Å². The Morgan fingerprint density at radius 2 is 1.62 bits per heavy atom. The molecule has 96 valence electrons. The van der Waals surface area contributed by atoms with Gasteiger partial charge in [-0.15, -0.1) is 0 Å². The van der Waals surface area contributed by atoms with Gasteiger partial charge < -0.3 is 5.11 Å². The number of nitrogens with zero attached hydrogens (tertiary/aromatic N) is 1. The number of rotatable bonds is 3. The predicted octanol–water partition coefficient (Wildman–Crippen LogP) is 2.59. The highest BCUT2D eigenvalue weighted by atomic mass is 16.7. The molecule has 0 aromatic rings. The van der Waals surface area contributed by atoms with E-state index < -0.39 is 0 Å². The van der Waals surface area contributed by atoms with Crippen LogP contribution in [0.3, 0.4) is 0 Å². The fraction of sp³-hybridized carbons (Fsp3) is 1.00. The van der Waals surface area contributed by atoms with Gasteiger partial charge in [-0.3, -0.25) is 4.84 Å². The molecular weight excluding hydrogens is 202 g/mol. The molecule has 0 atom stereocenters. The maximum Gasteiger partial charge on any atom is 0.0708 e. The van der Waals surface area contributed by atoms with Crippen molar-refractivity contribution < 1.29 is 9.94 Å². The zero-order valence-electron chi connectivity index (χ0n) is 11.6. The van der Waals surface area contributed by atoms with E-state index in [-0.39, 0.29) is 17.2 Å². The number of piperidine rings is 1. The van der Waals surface area contributed by atoms with Crippen LogP contribution in [-0.4, -0.2) is 34.0 Å². The maximum atomic E-state index is 9.89. The van der Waals surface area contributed by atoms with Crippen molar-refractivity contribution in [2.45, 2.75) is 71.6 Å². The molecule has 3 nitrogen and oxygen atoms in total. The molecule has 0 amide bonds. The summed E-state index contributed by atoms with van der Waals surface area (Å²) < 4.78 is 0. The van der Waals surface area contributed by atoms with Crippen molar-refractivity contribution in [3.05, 3.63) is 0 Å². The Balaban J connectivity index is 2.76. The molecule has 0 aliphatic carbocycles. The van der Waals surface area contributed by atoms with Crippen LogP contribution < -0.4 is 0 Å². The van der Waals surface area contributed by atoms with E-state index in [4.69, 9.17) is 4.84 Å². The second-order valence-corrected chi connectivity index (χ2v) is 6.67. The number of hydrogen-bond donors (Lipinski definition) is 1. The Bertz CT molecular complexity index is 218. The summed E-state index contributed by atoms with van der Waals surface area (Å²) in [5, 5.41) is 12.0. The molecule has 0 aromatic heterocycles. The normalized spacial score (nSPS) is 26.2. The van der Waals surface area contributed by atoms with Crippen LogP contribution in [0.2, 0.25) is 0 Å². The average molecular weight is 229 g/mol. The Kier molecular flexibility index (Phi) is 4.04. The summed E-state index contributed by atoms with van der Waals surface area (Å²) in [7, 11) is 0. The van der Waals surface area contributed by atoms with E-state index in [0.29, 0.717) is 5.92 Å². The van der Waals surface area contributed by atoms with Gasteiger partial charge in [0.2, 0.25) is 0 Å². The molecule has 1 N–H and O–H groups in total. The number of aliphatic hydroxyl groups is 1. The van der Waals surface area contributed by atoms with E-state index in [0.717, 1.165) is 19.4 Å². The molecule has 0 saturated carbocycles. The standard InChI is InChI=1S/C13H27NO2/c1-10(2)9-16-14-12(3,4)7-11(15)8-13(14,5)6/h10-11,15H,7-9H2,1-6H3. The van der Waals surface area contributed by atoms with Gasteiger partial charge in [-0.05, 0) is 46.5 Å². The van der Waals surface area contributed by atoms with Crippen molar-refractivity contribution in [3.63, 3.8) is 0 Å². The van der Waals surface area contributed by atoms with Gasteiger partial charge in [-0.1, -0.05) is 13.8 Å². The molecule has 3 heteroatoms. The van der Waals surface area contributed by atoms with Crippen LogP contribution in [0.25, 0.3) is 0 Å². The third kappa shape index (κ3) is 3.19. The molecule has 1 saturated heterocycles. The quantitative estimate of drug-likeness (QED) is 0.807. The fourth-order valence-electron chi connectivity index (χ4n) is 2.78. The van der Waals surface area contributed by atoms with Crippen LogP contribution in [0.5, 0.6) is 0 Å². The SMILES string of the molecule is CC(C)CON1C(C)(C)CC(O)CC1(C)C. The van der Waals surface area contributed by atoms with E-state index in [1.807, 2.05) is 0 Å². The molecule has 0 spiro atoms. The van der Waals surface area contributed by atoms with Crippen molar-refractivity contribution in [1.29, 1.82) is 0 Å². The summed E-state index contributed by atoms with van der Waals surface area (Å²) in [4.78, 5) is 5.95. The van der Waals surface area contributed by atoms with Crippen LogP contribution in [0, 0.1) is 5.92 Å². The van der Waals surface area contributed by atoms with Gasteiger partial charge in [0.25, 0.3) is 0 Å². The third-order valence-corrected chi connectivity index (χ3v) is 3.11. The Morgan fingerprint density at radius 3 is 2.00 bits per heavy atom. The second kappa shape index (κ2) is 4.63. The van der Waals surface area contributed by atoms with Crippen LogP contribution >= 0.6 is 0 Å². The van der Waals surface area contributed by atoms with Gasteiger partial charge in [0.1, 0.15) is 0 Å². The Morgan fingerprint density at radius 1 is 1.19 bits per heavy atom. The van der Waals surface area contributed by atoms with Crippen LogP contribution in [0.1, 0.15) is 54.4 Å². The minimum absolute atomic E-state index is 0.101. The first kappa shape index (κ1) is 13.9. The monoisotopic (exact) mass is 229 g/mol. The zero-order chi connectivity index (χ0) is 12.6. The number of hydroxylamine groups is 2. The van der Waals surface area contributed by atoms with E-state index in [1.54, 1.807) is 0 Å². The summed E-state index contributed by atoms with van der Waals surface area (Å²) in [6.45, 7) is 13.6. The topological polar surface area (TPSA) is 32.7 Å². The molecule has 0 aromatic carbocycles. The average Bonchev–Trinajstić information content (AvgIpc) is 1.96. The van der Waals surface area contributed by atoms with Gasteiger partial charge in [0.05, 0.1) is 12.7 Å². The molecule has 1 aliphatic rings.